The van der Waals surface area contributed by atoms with Gasteiger partial charge in [0.05, 0.1) is 0 Å². The molecule has 1 saturated heterocycles. The summed E-state index contributed by atoms with van der Waals surface area (Å²) in [5.41, 5.74) is 2.97. The van der Waals surface area contributed by atoms with Gasteiger partial charge in [0.15, 0.2) is 0 Å². The van der Waals surface area contributed by atoms with Crippen molar-refractivity contribution in [1.29, 1.82) is 0 Å². The Morgan fingerprint density at radius 2 is 1.44 bits per heavy atom. The lowest BCUT2D eigenvalue weighted by Gasteiger charge is -2.39. The van der Waals surface area contributed by atoms with Gasteiger partial charge in [-0.1, -0.05) is 73.7 Å². The van der Waals surface area contributed by atoms with Gasteiger partial charge >= 0.3 is 6.03 Å². The van der Waals surface area contributed by atoms with Crippen molar-refractivity contribution in [1.82, 2.24) is 14.7 Å². The lowest BCUT2D eigenvalue weighted by atomic mass is 9.88. The number of rotatable bonds is 9. The van der Waals surface area contributed by atoms with Crippen LogP contribution in [-0.4, -0.2) is 71.9 Å². The molecule has 0 aromatic heterocycles. The number of carbonyl (C=O) groups is 2. The number of piperidine rings is 1. The van der Waals surface area contributed by atoms with E-state index in [4.69, 9.17) is 0 Å². The van der Waals surface area contributed by atoms with Gasteiger partial charge in [-0.3, -0.25) is 4.79 Å². The third-order valence-electron chi connectivity index (χ3n) is 9.03. The Bertz CT molecular complexity index is 1240. The van der Waals surface area contributed by atoms with Crippen LogP contribution in [0, 0.1) is 5.92 Å². The Morgan fingerprint density at radius 1 is 0.829 bits per heavy atom. The van der Waals surface area contributed by atoms with Crippen LogP contribution in [0.4, 0.5) is 10.5 Å². The number of benzene rings is 3. The van der Waals surface area contributed by atoms with Crippen molar-refractivity contribution >= 4 is 17.6 Å². The molecule has 6 heteroatoms. The first-order chi connectivity index (χ1) is 20.0. The van der Waals surface area contributed by atoms with Crippen LogP contribution in [0.25, 0.3) is 0 Å². The minimum atomic E-state index is 0.00500. The molecular weight excluding hydrogens is 508 g/mol. The molecule has 1 aliphatic carbocycles. The van der Waals surface area contributed by atoms with Crippen molar-refractivity contribution in [2.45, 2.75) is 57.0 Å². The molecule has 3 atom stereocenters. The number of hydrogen-bond donors (Lipinski definition) is 1. The van der Waals surface area contributed by atoms with Crippen LogP contribution in [0.5, 0.6) is 0 Å². The summed E-state index contributed by atoms with van der Waals surface area (Å²) in [4.78, 5) is 33.1. The Labute approximate surface area is 245 Å². The van der Waals surface area contributed by atoms with Gasteiger partial charge < -0.3 is 20.0 Å². The number of amides is 3. The molecule has 1 saturated carbocycles. The van der Waals surface area contributed by atoms with E-state index in [0.717, 1.165) is 69.5 Å². The molecule has 216 valence electrons. The molecule has 0 bridgehead atoms. The average molecular weight is 553 g/mol. The summed E-state index contributed by atoms with van der Waals surface area (Å²) >= 11 is 0. The van der Waals surface area contributed by atoms with Gasteiger partial charge in [0.2, 0.25) is 0 Å². The van der Waals surface area contributed by atoms with E-state index >= 15 is 0 Å². The molecule has 1 aliphatic heterocycles. The van der Waals surface area contributed by atoms with Crippen LogP contribution in [0.1, 0.15) is 60.9 Å². The fraction of sp³-hybridized carbons (Fsp3) is 0.429. The summed E-state index contributed by atoms with van der Waals surface area (Å²) in [5, 5.41) is 3.10. The summed E-state index contributed by atoms with van der Waals surface area (Å²) < 4.78 is 0. The molecule has 0 radical (unpaired) electrons. The quantitative estimate of drug-likeness (QED) is 0.320. The van der Waals surface area contributed by atoms with E-state index in [2.05, 4.69) is 47.5 Å². The number of carbonyl (C=O) groups excluding carboxylic acids is 2. The predicted molar refractivity (Wildman–Crippen MR) is 166 cm³/mol. The van der Waals surface area contributed by atoms with Crippen LogP contribution >= 0.6 is 0 Å². The zero-order valence-electron chi connectivity index (χ0n) is 24.5. The third-order valence-corrected chi connectivity index (χ3v) is 9.03. The average Bonchev–Trinajstić information content (AvgIpc) is 3.44. The van der Waals surface area contributed by atoms with Crippen LogP contribution < -0.4 is 5.32 Å². The highest BCUT2D eigenvalue weighted by Gasteiger charge is 2.40. The zero-order valence-corrected chi connectivity index (χ0v) is 24.5. The van der Waals surface area contributed by atoms with Crippen LogP contribution in [0.15, 0.2) is 91.0 Å². The van der Waals surface area contributed by atoms with E-state index in [1.807, 2.05) is 77.5 Å². The number of anilines is 1. The van der Waals surface area contributed by atoms with Crippen molar-refractivity contribution < 1.29 is 9.59 Å². The molecular formula is C35H44N4O2. The molecule has 1 heterocycles. The van der Waals surface area contributed by atoms with Gasteiger partial charge in [-0.15, -0.1) is 0 Å². The molecule has 2 fully saturated rings. The predicted octanol–water partition coefficient (Wildman–Crippen LogP) is 6.73. The van der Waals surface area contributed by atoms with Crippen molar-refractivity contribution in [3.63, 3.8) is 0 Å². The largest absolute Gasteiger partial charge is 0.339 e. The molecule has 3 aromatic rings. The Morgan fingerprint density at radius 3 is 2.07 bits per heavy atom. The summed E-state index contributed by atoms with van der Waals surface area (Å²) in [6, 6.07) is 30.7. The summed E-state index contributed by atoms with van der Waals surface area (Å²) in [7, 11) is 1.97. The maximum absolute atomic E-state index is 13.3. The van der Waals surface area contributed by atoms with Gasteiger partial charge in [-0.05, 0) is 73.8 Å². The highest BCUT2D eigenvalue weighted by Crippen LogP contribution is 2.42. The summed E-state index contributed by atoms with van der Waals surface area (Å²) in [6.45, 7) is 5.92. The van der Waals surface area contributed by atoms with E-state index in [1.54, 1.807) is 0 Å². The Balaban J connectivity index is 1.22. The van der Waals surface area contributed by atoms with Gasteiger partial charge in [-0.2, -0.15) is 0 Å². The first-order valence-electron chi connectivity index (χ1n) is 15.3. The standard InChI is InChI=1S/C35H44N4O2/c1-3-21-39(35(41)36-30-17-11-6-12-18-30)31-19-22-38(23-20-31)26-29-24-32(25-33(29)27-13-7-4-8-14-27)37(2)34(40)28-15-9-5-10-16-28/h4-18,29,31-33H,3,19-26H2,1-2H3,(H,36,41)/t29-,32?,33?/m1/s1. The number of likely N-dealkylation sites (tertiary alicyclic amines) is 1. The first kappa shape index (κ1) is 28.9. The zero-order chi connectivity index (χ0) is 28.6. The highest BCUT2D eigenvalue weighted by atomic mass is 16.2. The van der Waals surface area contributed by atoms with E-state index in [-0.39, 0.29) is 24.0 Å². The Hall–Kier alpha value is -3.64. The van der Waals surface area contributed by atoms with Gasteiger partial charge in [-0.25, -0.2) is 4.79 Å². The molecule has 3 amide bonds. The second-order valence-corrected chi connectivity index (χ2v) is 11.7. The molecule has 2 unspecified atom stereocenters. The second-order valence-electron chi connectivity index (χ2n) is 11.7. The number of nitrogens with one attached hydrogen (secondary N) is 1. The minimum absolute atomic E-state index is 0.00500. The lowest BCUT2D eigenvalue weighted by molar-refractivity contribution is 0.0727. The molecule has 1 N–H and O–H groups in total. The van der Waals surface area contributed by atoms with Gasteiger partial charge in [0.25, 0.3) is 5.91 Å². The number of nitrogens with zero attached hydrogens (tertiary/aromatic N) is 3. The van der Waals surface area contributed by atoms with E-state index in [9.17, 15) is 9.59 Å². The summed E-state index contributed by atoms with van der Waals surface area (Å²) in [5.74, 6) is 1.02. The molecule has 3 aromatic carbocycles. The van der Waals surface area contributed by atoms with Crippen molar-refractivity contribution in [3.8, 4) is 0 Å². The minimum Gasteiger partial charge on any atom is -0.339 e. The fourth-order valence-corrected chi connectivity index (χ4v) is 6.83. The van der Waals surface area contributed by atoms with Crippen molar-refractivity contribution in [2.24, 2.45) is 5.92 Å². The van der Waals surface area contributed by atoms with Gasteiger partial charge in [0.1, 0.15) is 0 Å². The molecule has 5 rings (SSSR count). The first-order valence-corrected chi connectivity index (χ1v) is 15.3. The van der Waals surface area contributed by atoms with E-state index < -0.39 is 0 Å². The maximum Gasteiger partial charge on any atom is 0.322 e. The second kappa shape index (κ2) is 13.8. The van der Waals surface area contributed by atoms with E-state index in [1.165, 1.54) is 5.56 Å². The van der Waals surface area contributed by atoms with Crippen LogP contribution in [0.3, 0.4) is 0 Å². The van der Waals surface area contributed by atoms with Crippen LogP contribution in [0.2, 0.25) is 0 Å². The molecule has 0 spiro atoms. The topological polar surface area (TPSA) is 55.9 Å². The van der Waals surface area contributed by atoms with Crippen molar-refractivity contribution in [3.05, 3.63) is 102 Å². The molecule has 2 aliphatic rings. The number of hydrogen-bond acceptors (Lipinski definition) is 3. The van der Waals surface area contributed by atoms with E-state index in [0.29, 0.717) is 11.8 Å². The monoisotopic (exact) mass is 552 g/mol. The normalized spacial score (nSPS) is 21.4. The number of para-hydroxylation sites is 1. The SMILES string of the molecule is CCCN(C(=O)Nc1ccccc1)C1CCN(C[C@H]2CC(N(C)C(=O)c3ccccc3)CC2c2ccccc2)CC1. The highest BCUT2D eigenvalue weighted by molar-refractivity contribution is 5.94. The lowest BCUT2D eigenvalue weighted by Crippen LogP contribution is -2.49. The molecule has 6 nitrogen and oxygen atoms in total. The van der Waals surface area contributed by atoms with Gasteiger partial charge in [0, 0.05) is 56.6 Å². The Kier molecular flexibility index (Phi) is 9.73. The van der Waals surface area contributed by atoms with Crippen LogP contribution in [-0.2, 0) is 0 Å². The molecule has 41 heavy (non-hydrogen) atoms. The number of urea groups is 1. The van der Waals surface area contributed by atoms with Crippen molar-refractivity contribution in [2.75, 3.05) is 38.5 Å². The summed E-state index contributed by atoms with van der Waals surface area (Å²) in [6.07, 6.45) is 4.92. The fourth-order valence-electron chi connectivity index (χ4n) is 6.83. The third kappa shape index (κ3) is 7.17. The maximum atomic E-state index is 13.3. The smallest absolute Gasteiger partial charge is 0.322 e.